The maximum atomic E-state index is 12.6. The topological polar surface area (TPSA) is 78.2 Å². The van der Waals surface area contributed by atoms with Gasteiger partial charge in [0.2, 0.25) is 5.91 Å². The van der Waals surface area contributed by atoms with Gasteiger partial charge in [-0.15, -0.1) is 0 Å². The minimum Gasteiger partial charge on any atom is -0.497 e. The zero-order chi connectivity index (χ0) is 17.9. The summed E-state index contributed by atoms with van der Waals surface area (Å²) in [6.07, 6.45) is 2.27. The molecule has 2 heterocycles. The van der Waals surface area contributed by atoms with Gasteiger partial charge in [-0.05, 0) is 36.2 Å². The zero-order valence-corrected chi connectivity index (χ0v) is 14.3. The van der Waals surface area contributed by atoms with Gasteiger partial charge in [0, 0.05) is 26.3 Å². The maximum absolute atomic E-state index is 12.6. The summed E-state index contributed by atoms with van der Waals surface area (Å²) in [6.45, 7) is 1.05. The van der Waals surface area contributed by atoms with Crippen LogP contribution in [-0.2, 0) is 11.2 Å². The third-order valence-electron chi connectivity index (χ3n) is 4.58. The Bertz CT molecular complexity index is 822. The molecule has 1 aromatic carbocycles. The molecule has 0 aliphatic carbocycles. The quantitative estimate of drug-likeness (QED) is 0.900. The lowest BCUT2D eigenvalue weighted by Gasteiger charge is -2.49. The Labute approximate surface area is 147 Å². The molecular formula is C19H20N4O2. The van der Waals surface area contributed by atoms with E-state index in [1.54, 1.807) is 32.5 Å². The molecule has 1 fully saturated rings. The Morgan fingerprint density at radius 2 is 2.20 bits per heavy atom. The van der Waals surface area contributed by atoms with Crippen molar-refractivity contribution in [3.05, 3.63) is 53.7 Å². The summed E-state index contributed by atoms with van der Waals surface area (Å²) in [6, 6.07) is 13.4. The highest BCUT2D eigenvalue weighted by Gasteiger charge is 2.49. The molecule has 3 rings (SSSR count). The predicted molar refractivity (Wildman–Crippen MR) is 94.4 cm³/mol. The molecule has 1 N–H and O–H groups in total. The number of ether oxygens (including phenoxy) is 1. The van der Waals surface area contributed by atoms with E-state index < -0.39 is 5.41 Å². The maximum Gasteiger partial charge on any atom is 0.229 e. The molecule has 1 aromatic heterocycles. The van der Waals surface area contributed by atoms with Crippen LogP contribution in [0.15, 0.2) is 42.6 Å². The van der Waals surface area contributed by atoms with E-state index in [0.29, 0.717) is 30.9 Å². The smallest absolute Gasteiger partial charge is 0.229 e. The number of rotatable bonds is 5. The number of methoxy groups -OCH3 is 1. The number of anilines is 1. The van der Waals surface area contributed by atoms with Crippen molar-refractivity contribution in [2.75, 3.05) is 32.1 Å². The standard InChI is InChI=1S/C19H20N4O2/c1-21-18(24)19(10-14-5-3-7-16(9-14)25-2)12-23(13-19)17-15(11-20)6-4-8-22-17/h3-9H,10,12-13H2,1-2H3,(H,21,24). The number of amides is 1. The monoisotopic (exact) mass is 336 g/mol. The van der Waals surface area contributed by atoms with Crippen LogP contribution in [0.25, 0.3) is 0 Å². The van der Waals surface area contributed by atoms with Gasteiger partial charge in [0.1, 0.15) is 17.6 Å². The SMILES string of the molecule is CNC(=O)C1(Cc2cccc(OC)c2)CN(c2ncccc2C#N)C1. The van der Waals surface area contributed by atoms with Crippen molar-refractivity contribution < 1.29 is 9.53 Å². The third-order valence-corrected chi connectivity index (χ3v) is 4.58. The third kappa shape index (κ3) is 3.13. The number of benzene rings is 1. The van der Waals surface area contributed by atoms with E-state index in [0.717, 1.165) is 11.3 Å². The molecule has 6 nitrogen and oxygen atoms in total. The summed E-state index contributed by atoms with van der Waals surface area (Å²) in [5.41, 5.74) is 1.03. The van der Waals surface area contributed by atoms with Crippen molar-refractivity contribution in [3.8, 4) is 11.8 Å². The van der Waals surface area contributed by atoms with Gasteiger partial charge >= 0.3 is 0 Å². The van der Waals surface area contributed by atoms with Crippen molar-refractivity contribution in [1.82, 2.24) is 10.3 Å². The average molecular weight is 336 g/mol. The van der Waals surface area contributed by atoms with Gasteiger partial charge in [-0.25, -0.2) is 4.98 Å². The van der Waals surface area contributed by atoms with Gasteiger partial charge in [-0.3, -0.25) is 4.79 Å². The first-order valence-corrected chi connectivity index (χ1v) is 8.07. The van der Waals surface area contributed by atoms with Crippen LogP contribution in [0.2, 0.25) is 0 Å². The van der Waals surface area contributed by atoms with E-state index in [1.807, 2.05) is 29.2 Å². The van der Waals surface area contributed by atoms with E-state index in [2.05, 4.69) is 16.4 Å². The molecule has 25 heavy (non-hydrogen) atoms. The molecular weight excluding hydrogens is 316 g/mol. The number of nitriles is 1. The zero-order valence-electron chi connectivity index (χ0n) is 14.3. The number of carbonyl (C=O) groups is 1. The van der Waals surface area contributed by atoms with Gasteiger partial charge in [-0.2, -0.15) is 5.26 Å². The molecule has 0 bridgehead atoms. The molecule has 2 aromatic rings. The first kappa shape index (κ1) is 16.8. The van der Waals surface area contributed by atoms with Gasteiger partial charge in [0.05, 0.1) is 18.1 Å². The number of hydrogen-bond donors (Lipinski definition) is 1. The number of nitrogens with one attached hydrogen (secondary N) is 1. The summed E-state index contributed by atoms with van der Waals surface area (Å²) in [4.78, 5) is 18.8. The van der Waals surface area contributed by atoms with Crippen LogP contribution in [0.3, 0.4) is 0 Å². The van der Waals surface area contributed by atoms with Crippen molar-refractivity contribution >= 4 is 11.7 Å². The highest BCUT2D eigenvalue weighted by atomic mass is 16.5. The van der Waals surface area contributed by atoms with Crippen LogP contribution < -0.4 is 15.0 Å². The summed E-state index contributed by atoms with van der Waals surface area (Å²) in [5.74, 6) is 1.41. The molecule has 0 spiro atoms. The van der Waals surface area contributed by atoms with Crippen LogP contribution in [-0.4, -0.2) is 38.1 Å². The van der Waals surface area contributed by atoms with Crippen molar-refractivity contribution in [1.29, 1.82) is 5.26 Å². The molecule has 1 aliphatic rings. The second-order valence-electron chi connectivity index (χ2n) is 6.23. The molecule has 6 heteroatoms. The minimum atomic E-state index is -0.536. The molecule has 0 radical (unpaired) electrons. The molecule has 0 atom stereocenters. The van der Waals surface area contributed by atoms with Gasteiger partial charge < -0.3 is 15.0 Å². The number of pyridine rings is 1. The summed E-state index contributed by atoms with van der Waals surface area (Å²) in [5, 5.41) is 12.0. The number of carbonyl (C=O) groups excluding carboxylic acids is 1. The summed E-state index contributed by atoms with van der Waals surface area (Å²) in [7, 11) is 3.28. The lowest BCUT2D eigenvalue weighted by atomic mass is 9.73. The Morgan fingerprint density at radius 3 is 2.88 bits per heavy atom. The second kappa shape index (κ2) is 6.81. The van der Waals surface area contributed by atoms with Crippen molar-refractivity contribution in [3.63, 3.8) is 0 Å². The van der Waals surface area contributed by atoms with Gasteiger partial charge in [0.15, 0.2) is 0 Å². The highest BCUT2D eigenvalue weighted by molar-refractivity contribution is 5.86. The number of nitrogens with zero attached hydrogens (tertiary/aromatic N) is 3. The van der Waals surface area contributed by atoms with Crippen LogP contribution in [0, 0.1) is 16.7 Å². The molecule has 1 aliphatic heterocycles. The Kier molecular flexibility index (Phi) is 4.57. The minimum absolute atomic E-state index is 0.000934. The van der Waals surface area contributed by atoms with E-state index in [-0.39, 0.29) is 5.91 Å². The summed E-state index contributed by atoms with van der Waals surface area (Å²) >= 11 is 0. The fourth-order valence-electron chi connectivity index (χ4n) is 3.34. The first-order valence-electron chi connectivity index (χ1n) is 8.07. The largest absolute Gasteiger partial charge is 0.497 e. The van der Waals surface area contributed by atoms with Gasteiger partial charge in [0.25, 0.3) is 0 Å². The average Bonchev–Trinajstić information content (AvgIpc) is 2.63. The van der Waals surface area contributed by atoms with E-state index in [9.17, 15) is 10.1 Å². The normalized spacial score (nSPS) is 15.0. The highest BCUT2D eigenvalue weighted by Crippen LogP contribution is 2.38. The Morgan fingerprint density at radius 1 is 1.40 bits per heavy atom. The fourth-order valence-corrected chi connectivity index (χ4v) is 3.34. The lowest BCUT2D eigenvalue weighted by Crippen LogP contribution is -2.64. The van der Waals surface area contributed by atoms with E-state index in [4.69, 9.17) is 4.74 Å². The fraction of sp³-hybridized carbons (Fsp3) is 0.316. The van der Waals surface area contributed by atoms with Crippen LogP contribution >= 0.6 is 0 Å². The Balaban J connectivity index is 1.83. The molecule has 0 unspecified atom stereocenters. The van der Waals surface area contributed by atoms with E-state index in [1.165, 1.54) is 0 Å². The van der Waals surface area contributed by atoms with Crippen molar-refractivity contribution in [2.24, 2.45) is 5.41 Å². The van der Waals surface area contributed by atoms with Crippen LogP contribution in [0.1, 0.15) is 11.1 Å². The molecule has 128 valence electrons. The van der Waals surface area contributed by atoms with E-state index >= 15 is 0 Å². The molecule has 0 saturated carbocycles. The first-order chi connectivity index (χ1) is 12.1. The van der Waals surface area contributed by atoms with Crippen LogP contribution in [0.4, 0.5) is 5.82 Å². The van der Waals surface area contributed by atoms with Gasteiger partial charge in [-0.1, -0.05) is 12.1 Å². The van der Waals surface area contributed by atoms with Crippen molar-refractivity contribution in [2.45, 2.75) is 6.42 Å². The second-order valence-corrected chi connectivity index (χ2v) is 6.23. The van der Waals surface area contributed by atoms with Crippen LogP contribution in [0.5, 0.6) is 5.75 Å². The number of aromatic nitrogens is 1. The predicted octanol–water partition coefficient (Wildman–Crippen LogP) is 1.76. The molecule has 1 saturated heterocycles. The Hall–Kier alpha value is -3.07. The summed E-state index contributed by atoms with van der Waals surface area (Å²) < 4.78 is 5.27. The lowest BCUT2D eigenvalue weighted by molar-refractivity contribution is -0.132. The molecule has 1 amide bonds. The number of hydrogen-bond acceptors (Lipinski definition) is 5.